The SMILES string of the molecule is CC(C)c1nn(-c2cccc(Cl)c2)c2c1CCCCN2. The minimum absolute atomic E-state index is 0.434. The van der Waals surface area contributed by atoms with Crippen molar-refractivity contribution >= 4 is 17.4 Å². The van der Waals surface area contributed by atoms with E-state index in [1.165, 1.54) is 24.1 Å². The number of fused-ring (bicyclic) bond motifs is 1. The molecule has 0 atom stereocenters. The molecule has 3 nitrogen and oxygen atoms in total. The molecule has 0 unspecified atom stereocenters. The van der Waals surface area contributed by atoms with Crippen molar-refractivity contribution in [3.8, 4) is 5.69 Å². The molecular formula is C16H20ClN3. The van der Waals surface area contributed by atoms with Crippen LogP contribution >= 0.6 is 11.6 Å². The van der Waals surface area contributed by atoms with Crippen LogP contribution in [0.5, 0.6) is 0 Å². The highest BCUT2D eigenvalue weighted by Gasteiger charge is 2.22. The van der Waals surface area contributed by atoms with Gasteiger partial charge in [-0.05, 0) is 43.4 Å². The number of halogens is 1. The first-order valence-corrected chi connectivity index (χ1v) is 7.66. The lowest BCUT2D eigenvalue weighted by Crippen LogP contribution is -2.07. The number of hydrogen-bond donors (Lipinski definition) is 1. The monoisotopic (exact) mass is 289 g/mol. The second kappa shape index (κ2) is 5.49. The van der Waals surface area contributed by atoms with Crippen molar-refractivity contribution in [1.82, 2.24) is 9.78 Å². The molecule has 0 bridgehead atoms. The van der Waals surface area contributed by atoms with Crippen molar-refractivity contribution in [3.63, 3.8) is 0 Å². The van der Waals surface area contributed by atoms with Gasteiger partial charge < -0.3 is 5.32 Å². The lowest BCUT2D eigenvalue weighted by atomic mass is 10.0. The Kier molecular flexibility index (Phi) is 3.70. The van der Waals surface area contributed by atoms with Gasteiger partial charge in [0.05, 0.1) is 11.4 Å². The molecule has 1 aliphatic heterocycles. The van der Waals surface area contributed by atoms with Crippen molar-refractivity contribution in [2.75, 3.05) is 11.9 Å². The van der Waals surface area contributed by atoms with Crippen LogP contribution in [0.2, 0.25) is 5.02 Å². The van der Waals surface area contributed by atoms with Crippen LogP contribution in [0.15, 0.2) is 24.3 Å². The van der Waals surface area contributed by atoms with Crippen LogP contribution in [0.3, 0.4) is 0 Å². The van der Waals surface area contributed by atoms with Crippen LogP contribution in [0.4, 0.5) is 5.82 Å². The fraction of sp³-hybridized carbons (Fsp3) is 0.438. The van der Waals surface area contributed by atoms with Gasteiger partial charge in [-0.15, -0.1) is 0 Å². The molecule has 20 heavy (non-hydrogen) atoms. The Balaban J connectivity index is 2.15. The van der Waals surface area contributed by atoms with Crippen molar-refractivity contribution in [1.29, 1.82) is 0 Å². The molecule has 106 valence electrons. The maximum Gasteiger partial charge on any atom is 0.133 e. The summed E-state index contributed by atoms with van der Waals surface area (Å²) < 4.78 is 2.02. The van der Waals surface area contributed by atoms with Gasteiger partial charge in [0, 0.05) is 17.1 Å². The number of anilines is 1. The van der Waals surface area contributed by atoms with Crippen molar-refractivity contribution < 1.29 is 0 Å². The molecular weight excluding hydrogens is 270 g/mol. The minimum atomic E-state index is 0.434. The molecule has 1 aromatic carbocycles. The fourth-order valence-corrected chi connectivity index (χ4v) is 2.97. The molecule has 0 radical (unpaired) electrons. The molecule has 0 saturated carbocycles. The molecule has 0 spiro atoms. The van der Waals surface area contributed by atoms with Gasteiger partial charge in [-0.1, -0.05) is 31.5 Å². The van der Waals surface area contributed by atoms with Crippen LogP contribution in [-0.4, -0.2) is 16.3 Å². The zero-order chi connectivity index (χ0) is 14.1. The highest BCUT2D eigenvalue weighted by Crippen LogP contribution is 2.32. The molecule has 0 fully saturated rings. The first kappa shape index (κ1) is 13.5. The van der Waals surface area contributed by atoms with Gasteiger partial charge >= 0.3 is 0 Å². The maximum absolute atomic E-state index is 6.12. The van der Waals surface area contributed by atoms with Gasteiger partial charge in [-0.25, -0.2) is 4.68 Å². The summed E-state index contributed by atoms with van der Waals surface area (Å²) in [6.07, 6.45) is 3.54. The number of nitrogens with one attached hydrogen (secondary N) is 1. The third kappa shape index (κ3) is 2.42. The van der Waals surface area contributed by atoms with E-state index in [1.54, 1.807) is 0 Å². The highest BCUT2D eigenvalue weighted by molar-refractivity contribution is 6.30. The molecule has 2 heterocycles. The number of aromatic nitrogens is 2. The molecule has 4 heteroatoms. The Bertz CT molecular complexity index is 616. The first-order valence-electron chi connectivity index (χ1n) is 7.28. The summed E-state index contributed by atoms with van der Waals surface area (Å²) in [6, 6.07) is 7.88. The van der Waals surface area contributed by atoms with Crippen LogP contribution in [0.25, 0.3) is 5.69 Å². The Hall–Kier alpha value is -1.48. The molecule has 1 aliphatic rings. The molecule has 3 rings (SSSR count). The lowest BCUT2D eigenvalue weighted by molar-refractivity contribution is 0.731. The first-order chi connectivity index (χ1) is 9.66. The molecule has 1 aromatic heterocycles. The van der Waals surface area contributed by atoms with Gasteiger partial charge in [0.15, 0.2) is 0 Å². The number of benzene rings is 1. The van der Waals surface area contributed by atoms with E-state index in [4.69, 9.17) is 16.7 Å². The summed E-state index contributed by atoms with van der Waals surface area (Å²) in [5.41, 5.74) is 3.60. The number of nitrogens with zero attached hydrogens (tertiary/aromatic N) is 2. The standard InChI is InChI=1S/C16H20ClN3/c1-11(2)15-14-8-3-4-9-18-16(14)20(19-15)13-7-5-6-12(17)10-13/h5-7,10-11,18H,3-4,8-9H2,1-2H3. The van der Waals surface area contributed by atoms with Crippen LogP contribution in [0.1, 0.15) is 43.9 Å². The average molecular weight is 290 g/mol. The van der Waals surface area contributed by atoms with E-state index in [1.807, 2.05) is 22.9 Å². The van der Waals surface area contributed by atoms with Gasteiger partial charge in [0.2, 0.25) is 0 Å². The largest absolute Gasteiger partial charge is 0.370 e. The number of hydrogen-bond acceptors (Lipinski definition) is 2. The van der Waals surface area contributed by atoms with E-state index >= 15 is 0 Å². The van der Waals surface area contributed by atoms with Gasteiger partial charge in [-0.3, -0.25) is 0 Å². The Morgan fingerprint density at radius 1 is 1.30 bits per heavy atom. The molecule has 1 N–H and O–H groups in total. The quantitative estimate of drug-likeness (QED) is 0.888. The second-order valence-electron chi connectivity index (χ2n) is 5.64. The normalized spacial score (nSPS) is 14.8. The van der Waals surface area contributed by atoms with Crippen LogP contribution in [-0.2, 0) is 6.42 Å². The third-order valence-electron chi connectivity index (χ3n) is 3.76. The molecule has 2 aromatic rings. The van der Waals surface area contributed by atoms with E-state index in [0.717, 1.165) is 29.5 Å². The van der Waals surface area contributed by atoms with Crippen molar-refractivity contribution in [2.45, 2.75) is 39.0 Å². The zero-order valence-corrected chi connectivity index (χ0v) is 12.7. The van der Waals surface area contributed by atoms with Crippen molar-refractivity contribution in [3.05, 3.63) is 40.5 Å². The second-order valence-corrected chi connectivity index (χ2v) is 6.08. The number of rotatable bonds is 2. The highest BCUT2D eigenvalue weighted by atomic mass is 35.5. The summed E-state index contributed by atoms with van der Waals surface area (Å²) >= 11 is 6.12. The molecule has 0 saturated heterocycles. The minimum Gasteiger partial charge on any atom is -0.370 e. The van der Waals surface area contributed by atoms with E-state index in [2.05, 4.69) is 25.2 Å². The van der Waals surface area contributed by atoms with Gasteiger partial charge in [0.1, 0.15) is 5.82 Å². The van der Waals surface area contributed by atoms with Gasteiger partial charge in [0.25, 0.3) is 0 Å². The summed E-state index contributed by atoms with van der Waals surface area (Å²) in [7, 11) is 0. The Morgan fingerprint density at radius 3 is 2.90 bits per heavy atom. The Morgan fingerprint density at radius 2 is 2.15 bits per heavy atom. The Labute approximate surface area is 124 Å². The summed E-state index contributed by atoms with van der Waals surface area (Å²) in [5, 5.41) is 9.13. The summed E-state index contributed by atoms with van der Waals surface area (Å²) in [4.78, 5) is 0. The van der Waals surface area contributed by atoms with Gasteiger partial charge in [-0.2, -0.15) is 5.10 Å². The van der Waals surface area contributed by atoms with E-state index < -0.39 is 0 Å². The van der Waals surface area contributed by atoms with Crippen LogP contribution in [0, 0.1) is 0 Å². The van der Waals surface area contributed by atoms with Crippen molar-refractivity contribution in [2.24, 2.45) is 0 Å². The molecule has 0 amide bonds. The van der Waals surface area contributed by atoms with E-state index in [-0.39, 0.29) is 0 Å². The molecule has 0 aliphatic carbocycles. The predicted octanol–water partition coefficient (Wildman–Crippen LogP) is 4.40. The smallest absolute Gasteiger partial charge is 0.133 e. The van der Waals surface area contributed by atoms with Crippen LogP contribution < -0.4 is 5.32 Å². The summed E-state index contributed by atoms with van der Waals surface area (Å²) in [6.45, 7) is 5.42. The van der Waals surface area contributed by atoms with E-state index in [0.29, 0.717) is 5.92 Å². The lowest BCUT2D eigenvalue weighted by Gasteiger charge is -2.09. The topological polar surface area (TPSA) is 29.9 Å². The maximum atomic E-state index is 6.12. The fourth-order valence-electron chi connectivity index (χ4n) is 2.79. The third-order valence-corrected chi connectivity index (χ3v) is 4.00. The predicted molar refractivity (Wildman–Crippen MR) is 84.1 cm³/mol. The zero-order valence-electron chi connectivity index (χ0n) is 12.0. The van der Waals surface area contributed by atoms with E-state index in [9.17, 15) is 0 Å². The average Bonchev–Trinajstić information content (AvgIpc) is 2.61. The summed E-state index contributed by atoms with van der Waals surface area (Å²) in [5.74, 6) is 1.58.